The van der Waals surface area contributed by atoms with Crippen molar-refractivity contribution < 1.29 is 14.3 Å². The standard InChI is InChI=1S/C14H19NO3/c16-14(15-9-5-2-6-10-15)18-12-11-17-13-7-3-1-4-8-13/h3,5-7,9-10,13H,1-2,4,8,11-12H2. The van der Waals surface area contributed by atoms with Crippen LogP contribution in [0.5, 0.6) is 0 Å². The Morgan fingerprint density at radius 2 is 2.06 bits per heavy atom. The van der Waals surface area contributed by atoms with Crippen LogP contribution in [0.3, 0.4) is 0 Å². The zero-order valence-electron chi connectivity index (χ0n) is 10.5. The number of allylic oxidation sites excluding steroid dienone is 3. The van der Waals surface area contributed by atoms with Gasteiger partial charge in [0.25, 0.3) is 0 Å². The van der Waals surface area contributed by atoms with Crippen molar-refractivity contribution in [2.24, 2.45) is 0 Å². The van der Waals surface area contributed by atoms with Crippen molar-refractivity contribution in [2.45, 2.75) is 31.8 Å². The minimum Gasteiger partial charge on any atom is -0.446 e. The molecule has 0 fully saturated rings. The smallest absolute Gasteiger partial charge is 0.418 e. The highest BCUT2D eigenvalue weighted by atomic mass is 16.6. The average molecular weight is 249 g/mol. The summed E-state index contributed by atoms with van der Waals surface area (Å²) in [5.74, 6) is 0. The van der Waals surface area contributed by atoms with Crippen molar-refractivity contribution in [3.05, 3.63) is 36.7 Å². The summed E-state index contributed by atoms with van der Waals surface area (Å²) in [4.78, 5) is 13.0. The van der Waals surface area contributed by atoms with E-state index < -0.39 is 0 Å². The van der Waals surface area contributed by atoms with E-state index in [0.29, 0.717) is 13.2 Å². The number of ether oxygens (including phenoxy) is 2. The third-order valence-electron chi connectivity index (χ3n) is 2.87. The monoisotopic (exact) mass is 249 g/mol. The number of hydrogen-bond donors (Lipinski definition) is 0. The molecule has 0 radical (unpaired) electrons. The molecule has 1 aliphatic heterocycles. The van der Waals surface area contributed by atoms with Crippen LogP contribution < -0.4 is 0 Å². The first-order valence-corrected chi connectivity index (χ1v) is 6.43. The van der Waals surface area contributed by atoms with E-state index in [2.05, 4.69) is 12.2 Å². The molecule has 4 nitrogen and oxygen atoms in total. The van der Waals surface area contributed by atoms with Crippen molar-refractivity contribution in [3.8, 4) is 0 Å². The Balaban J connectivity index is 1.60. The zero-order valence-corrected chi connectivity index (χ0v) is 10.5. The second-order valence-electron chi connectivity index (χ2n) is 4.30. The molecular formula is C14H19NO3. The first kappa shape index (κ1) is 12.9. The highest BCUT2D eigenvalue weighted by molar-refractivity contribution is 5.70. The quantitative estimate of drug-likeness (QED) is 0.568. The van der Waals surface area contributed by atoms with Crippen molar-refractivity contribution >= 4 is 6.09 Å². The highest BCUT2D eigenvalue weighted by Crippen LogP contribution is 2.13. The third-order valence-corrected chi connectivity index (χ3v) is 2.87. The van der Waals surface area contributed by atoms with Crippen molar-refractivity contribution in [1.29, 1.82) is 0 Å². The maximum atomic E-state index is 11.6. The SMILES string of the molecule is O=C(OCCOC1C=CCCC1)N1C=CCC=C1. The van der Waals surface area contributed by atoms with Gasteiger partial charge in [0.2, 0.25) is 0 Å². The molecular weight excluding hydrogens is 230 g/mol. The largest absolute Gasteiger partial charge is 0.446 e. The van der Waals surface area contributed by atoms with E-state index in [1.54, 1.807) is 12.4 Å². The van der Waals surface area contributed by atoms with Crippen LogP contribution in [0.1, 0.15) is 25.7 Å². The van der Waals surface area contributed by atoms with Gasteiger partial charge in [-0.25, -0.2) is 4.79 Å². The Morgan fingerprint density at radius 1 is 1.22 bits per heavy atom. The summed E-state index contributed by atoms with van der Waals surface area (Å²) in [6, 6.07) is 0. The van der Waals surface area contributed by atoms with Crippen LogP contribution >= 0.6 is 0 Å². The Bertz CT molecular complexity index is 348. The minimum absolute atomic E-state index is 0.187. The summed E-state index contributed by atoms with van der Waals surface area (Å²) in [6.07, 6.45) is 15.5. The van der Waals surface area contributed by atoms with E-state index >= 15 is 0 Å². The molecule has 0 aromatic carbocycles. The molecule has 0 aromatic heterocycles. The molecule has 0 bridgehead atoms. The molecule has 0 aromatic rings. The predicted octanol–water partition coefficient (Wildman–Crippen LogP) is 2.98. The van der Waals surface area contributed by atoms with E-state index in [-0.39, 0.29) is 12.2 Å². The normalized spacial score (nSPS) is 22.2. The Labute approximate surface area is 108 Å². The summed E-state index contributed by atoms with van der Waals surface area (Å²) >= 11 is 0. The molecule has 1 unspecified atom stereocenters. The van der Waals surface area contributed by atoms with E-state index in [1.165, 1.54) is 11.3 Å². The molecule has 98 valence electrons. The number of rotatable bonds is 4. The van der Waals surface area contributed by atoms with Gasteiger partial charge in [0, 0.05) is 12.4 Å². The zero-order chi connectivity index (χ0) is 12.6. The average Bonchev–Trinajstić information content (AvgIpc) is 2.45. The molecule has 0 spiro atoms. The molecule has 2 rings (SSSR count). The van der Waals surface area contributed by atoms with Gasteiger partial charge in [-0.2, -0.15) is 0 Å². The summed E-state index contributed by atoms with van der Waals surface area (Å²) in [5, 5.41) is 0. The van der Waals surface area contributed by atoms with E-state index in [0.717, 1.165) is 19.3 Å². The second kappa shape index (κ2) is 7.01. The second-order valence-corrected chi connectivity index (χ2v) is 4.30. The van der Waals surface area contributed by atoms with Gasteiger partial charge in [-0.3, -0.25) is 4.90 Å². The Morgan fingerprint density at radius 3 is 2.78 bits per heavy atom. The van der Waals surface area contributed by atoms with E-state index in [4.69, 9.17) is 9.47 Å². The maximum absolute atomic E-state index is 11.6. The number of amides is 1. The van der Waals surface area contributed by atoms with Crippen LogP contribution in [0.2, 0.25) is 0 Å². The van der Waals surface area contributed by atoms with E-state index in [9.17, 15) is 4.79 Å². The number of carbonyl (C=O) groups excluding carboxylic acids is 1. The molecule has 1 amide bonds. The summed E-state index contributed by atoms with van der Waals surface area (Å²) in [6.45, 7) is 0.739. The molecule has 0 saturated heterocycles. The van der Waals surface area contributed by atoms with Crippen LogP contribution in [0.4, 0.5) is 4.79 Å². The molecule has 2 aliphatic rings. The maximum Gasteiger partial charge on any atom is 0.418 e. The van der Waals surface area contributed by atoms with Gasteiger partial charge in [-0.15, -0.1) is 0 Å². The number of nitrogens with zero attached hydrogens (tertiary/aromatic N) is 1. The van der Waals surface area contributed by atoms with E-state index in [1.807, 2.05) is 12.2 Å². The first-order chi connectivity index (χ1) is 8.86. The number of carbonyl (C=O) groups is 1. The highest BCUT2D eigenvalue weighted by Gasteiger charge is 2.12. The Hall–Kier alpha value is -1.55. The summed E-state index contributed by atoms with van der Waals surface area (Å²) in [5.41, 5.74) is 0. The lowest BCUT2D eigenvalue weighted by Gasteiger charge is -2.18. The van der Waals surface area contributed by atoms with Crippen LogP contribution in [-0.2, 0) is 9.47 Å². The van der Waals surface area contributed by atoms with Crippen molar-refractivity contribution in [3.63, 3.8) is 0 Å². The van der Waals surface area contributed by atoms with Gasteiger partial charge < -0.3 is 9.47 Å². The van der Waals surface area contributed by atoms with Crippen molar-refractivity contribution in [2.75, 3.05) is 13.2 Å². The lowest BCUT2D eigenvalue weighted by Crippen LogP contribution is -2.24. The summed E-state index contributed by atoms with van der Waals surface area (Å²) < 4.78 is 10.7. The fourth-order valence-corrected chi connectivity index (χ4v) is 1.92. The minimum atomic E-state index is -0.356. The lowest BCUT2D eigenvalue weighted by molar-refractivity contribution is 0.0337. The fraction of sp³-hybridized carbons (Fsp3) is 0.500. The molecule has 1 heterocycles. The van der Waals surface area contributed by atoms with Crippen LogP contribution in [0.25, 0.3) is 0 Å². The predicted molar refractivity (Wildman–Crippen MR) is 68.8 cm³/mol. The molecule has 0 N–H and O–H groups in total. The van der Waals surface area contributed by atoms with Gasteiger partial charge >= 0.3 is 6.09 Å². The van der Waals surface area contributed by atoms with Gasteiger partial charge in [0.15, 0.2) is 0 Å². The van der Waals surface area contributed by atoms with Crippen LogP contribution in [0.15, 0.2) is 36.7 Å². The van der Waals surface area contributed by atoms with Gasteiger partial charge in [0.05, 0.1) is 12.7 Å². The number of hydrogen-bond acceptors (Lipinski definition) is 3. The van der Waals surface area contributed by atoms with Crippen molar-refractivity contribution in [1.82, 2.24) is 4.90 Å². The molecule has 1 atom stereocenters. The van der Waals surface area contributed by atoms with Gasteiger partial charge in [0.1, 0.15) is 6.61 Å². The Kier molecular flexibility index (Phi) is 5.02. The molecule has 0 saturated carbocycles. The molecule has 4 heteroatoms. The topological polar surface area (TPSA) is 38.8 Å². The summed E-state index contributed by atoms with van der Waals surface area (Å²) in [7, 11) is 0. The molecule has 1 aliphatic carbocycles. The third kappa shape index (κ3) is 4.04. The van der Waals surface area contributed by atoms with Gasteiger partial charge in [-0.05, 0) is 25.7 Å². The first-order valence-electron chi connectivity index (χ1n) is 6.43. The van der Waals surface area contributed by atoms with Gasteiger partial charge in [-0.1, -0.05) is 24.3 Å². The van der Waals surface area contributed by atoms with Crippen LogP contribution in [-0.4, -0.2) is 30.3 Å². The van der Waals surface area contributed by atoms with Crippen LogP contribution in [0, 0.1) is 0 Å². The lowest BCUT2D eigenvalue weighted by atomic mass is 10.1. The fourth-order valence-electron chi connectivity index (χ4n) is 1.92. The molecule has 18 heavy (non-hydrogen) atoms.